The molecular formula is C16H13NO3. The van der Waals surface area contributed by atoms with Crippen molar-refractivity contribution >= 4 is 5.97 Å². The predicted octanol–water partition coefficient (Wildman–Crippen LogP) is 2.76. The lowest BCUT2D eigenvalue weighted by molar-refractivity contribution is -0.136. The molecule has 1 N–H and O–H groups in total. The third-order valence-electron chi connectivity index (χ3n) is 2.72. The molecule has 2 aromatic rings. The zero-order chi connectivity index (χ0) is 14.4. The van der Waals surface area contributed by atoms with Crippen molar-refractivity contribution in [1.29, 1.82) is 5.26 Å². The van der Waals surface area contributed by atoms with Crippen LogP contribution in [0.3, 0.4) is 0 Å². The maximum Gasteiger partial charge on any atom is 0.307 e. The number of nitrogens with zero attached hydrogens (tertiary/aromatic N) is 1. The normalized spacial score (nSPS) is 9.75. The summed E-state index contributed by atoms with van der Waals surface area (Å²) in [6.07, 6.45) is -0.0267. The maximum atomic E-state index is 10.7. The molecule has 20 heavy (non-hydrogen) atoms. The highest BCUT2D eigenvalue weighted by atomic mass is 16.5. The van der Waals surface area contributed by atoms with Crippen LogP contribution in [0.25, 0.3) is 0 Å². The maximum absolute atomic E-state index is 10.7. The van der Waals surface area contributed by atoms with E-state index >= 15 is 0 Å². The lowest BCUT2D eigenvalue weighted by atomic mass is 10.1. The van der Waals surface area contributed by atoms with Gasteiger partial charge in [0.2, 0.25) is 0 Å². The third-order valence-corrected chi connectivity index (χ3v) is 2.72. The van der Waals surface area contributed by atoms with Crippen molar-refractivity contribution < 1.29 is 14.6 Å². The van der Waals surface area contributed by atoms with Gasteiger partial charge in [0.25, 0.3) is 0 Å². The molecule has 0 fully saturated rings. The Bertz CT molecular complexity index is 659. The summed E-state index contributed by atoms with van der Waals surface area (Å²) in [5.74, 6) is -0.255. The number of ether oxygens (including phenoxy) is 1. The van der Waals surface area contributed by atoms with Gasteiger partial charge >= 0.3 is 5.97 Å². The van der Waals surface area contributed by atoms with Crippen LogP contribution in [0.4, 0.5) is 0 Å². The van der Waals surface area contributed by atoms with Gasteiger partial charge in [-0.05, 0) is 35.4 Å². The smallest absolute Gasteiger partial charge is 0.307 e. The molecule has 0 radical (unpaired) electrons. The van der Waals surface area contributed by atoms with E-state index in [0.717, 1.165) is 5.56 Å². The highest BCUT2D eigenvalue weighted by Crippen LogP contribution is 2.16. The van der Waals surface area contributed by atoms with Crippen LogP contribution in [0.1, 0.15) is 16.7 Å². The topological polar surface area (TPSA) is 70.3 Å². The zero-order valence-electron chi connectivity index (χ0n) is 10.7. The highest BCUT2D eigenvalue weighted by molar-refractivity contribution is 5.70. The van der Waals surface area contributed by atoms with Crippen LogP contribution in [0, 0.1) is 11.3 Å². The van der Waals surface area contributed by atoms with Gasteiger partial charge in [0, 0.05) is 0 Å². The predicted molar refractivity (Wildman–Crippen MR) is 73.3 cm³/mol. The van der Waals surface area contributed by atoms with Gasteiger partial charge in [-0.3, -0.25) is 4.79 Å². The van der Waals surface area contributed by atoms with Gasteiger partial charge in [0.15, 0.2) is 0 Å². The fraction of sp³-hybridized carbons (Fsp3) is 0.125. The summed E-state index contributed by atoms with van der Waals surface area (Å²) < 4.78 is 5.61. The molecule has 0 aliphatic heterocycles. The second kappa shape index (κ2) is 6.39. The highest BCUT2D eigenvalue weighted by Gasteiger charge is 2.03. The lowest BCUT2D eigenvalue weighted by Gasteiger charge is -2.07. The molecule has 100 valence electrons. The van der Waals surface area contributed by atoms with Crippen LogP contribution >= 0.6 is 0 Å². The first-order chi connectivity index (χ1) is 9.67. The minimum Gasteiger partial charge on any atom is -0.489 e. The summed E-state index contributed by atoms with van der Waals surface area (Å²) in [5.41, 5.74) is 2.18. The van der Waals surface area contributed by atoms with Crippen molar-refractivity contribution in [3.05, 3.63) is 65.2 Å². The number of benzene rings is 2. The van der Waals surface area contributed by atoms with E-state index in [-0.39, 0.29) is 6.42 Å². The molecule has 4 nitrogen and oxygen atoms in total. The molecule has 0 aliphatic rings. The zero-order valence-corrected chi connectivity index (χ0v) is 10.7. The Morgan fingerprint density at radius 3 is 2.65 bits per heavy atom. The molecule has 0 unspecified atom stereocenters. The third kappa shape index (κ3) is 3.85. The van der Waals surface area contributed by atoms with Crippen LogP contribution in [-0.2, 0) is 17.8 Å². The Morgan fingerprint density at radius 1 is 1.15 bits per heavy atom. The van der Waals surface area contributed by atoms with Crippen molar-refractivity contribution in [2.75, 3.05) is 0 Å². The van der Waals surface area contributed by atoms with E-state index in [4.69, 9.17) is 15.1 Å². The molecule has 0 aromatic heterocycles. The van der Waals surface area contributed by atoms with Crippen LogP contribution in [-0.4, -0.2) is 11.1 Å². The summed E-state index contributed by atoms with van der Waals surface area (Å²) in [4.78, 5) is 10.7. The quantitative estimate of drug-likeness (QED) is 0.904. The molecule has 0 saturated heterocycles. The van der Waals surface area contributed by atoms with Crippen LogP contribution in [0.2, 0.25) is 0 Å². The molecule has 0 atom stereocenters. The SMILES string of the molecule is N#Cc1cccc(COc2cccc(CC(=O)O)c2)c1. The van der Waals surface area contributed by atoms with E-state index in [1.165, 1.54) is 0 Å². The average molecular weight is 267 g/mol. The summed E-state index contributed by atoms with van der Waals surface area (Å²) in [7, 11) is 0. The lowest BCUT2D eigenvalue weighted by Crippen LogP contribution is -2.01. The van der Waals surface area contributed by atoms with Crippen molar-refractivity contribution in [2.45, 2.75) is 13.0 Å². The minimum absolute atomic E-state index is 0.0267. The summed E-state index contributed by atoms with van der Waals surface area (Å²) in [6.45, 7) is 0.339. The van der Waals surface area contributed by atoms with Gasteiger partial charge in [0.1, 0.15) is 12.4 Å². The van der Waals surface area contributed by atoms with Gasteiger partial charge < -0.3 is 9.84 Å². The molecule has 0 amide bonds. The summed E-state index contributed by atoms with van der Waals surface area (Å²) >= 11 is 0. The van der Waals surface area contributed by atoms with E-state index < -0.39 is 5.97 Å². The van der Waals surface area contributed by atoms with Gasteiger partial charge in [-0.15, -0.1) is 0 Å². The van der Waals surface area contributed by atoms with Gasteiger partial charge in [0.05, 0.1) is 18.1 Å². The number of hydrogen-bond acceptors (Lipinski definition) is 3. The Balaban J connectivity index is 2.03. The summed E-state index contributed by atoms with van der Waals surface area (Å²) in [6, 6.07) is 16.3. The molecule has 0 bridgehead atoms. The second-order valence-corrected chi connectivity index (χ2v) is 4.32. The molecular weight excluding hydrogens is 254 g/mol. The van der Waals surface area contributed by atoms with Crippen molar-refractivity contribution in [1.82, 2.24) is 0 Å². The van der Waals surface area contributed by atoms with Gasteiger partial charge in [-0.1, -0.05) is 24.3 Å². The fourth-order valence-corrected chi connectivity index (χ4v) is 1.82. The molecule has 4 heteroatoms. The minimum atomic E-state index is -0.871. The number of aliphatic carboxylic acids is 1. The Labute approximate surface area is 116 Å². The number of hydrogen-bond donors (Lipinski definition) is 1. The molecule has 2 rings (SSSR count). The summed E-state index contributed by atoms with van der Waals surface area (Å²) in [5, 5.41) is 17.6. The first-order valence-electron chi connectivity index (χ1n) is 6.10. The standard InChI is InChI=1S/C16H13NO3/c17-10-13-4-1-5-14(7-13)11-20-15-6-2-3-12(8-15)9-16(18)19/h1-8H,9,11H2,(H,18,19). The second-order valence-electron chi connectivity index (χ2n) is 4.32. The number of nitriles is 1. The van der Waals surface area contributed by atoms with E-state index in [0.29, 0.717) is 23.5 Å². The van der Waals surface area contributed by atoms with Gasteiger partial charge in [-0.2, -0.15) is 5.26 Å². The number of carboxylic acid groups (broad SMARTS) is 1. The molecule has 0 heterocycles. The first-order valence-corrected chi connectivity index (χ1v) is 6.10. The Kier molecular flexibility index (Phi) is 4.35. The number of carboxylic acids is 1. The van der Waals surface area contributed by atoms with Crippen LogP contribution in [0.5, 0.6) is 5.75 Å². The van der Waals surface area contributed by atoms with Crippen molar-refractivity contribution in [2.24, 2.45) is 0 Å². The van der Waals surface area contributed by atoms with E-state index in [1.54, 1.807) is 42.5 Å². The number of rotatable bonds is 5. The first kappa shape index (κ1) is 13.6. The molecule has 0 saturated carbocycles. The Morgan fingerprint density at radius 2 is 1.90 bits per heavy atom. The van der Waals surface area contributed by atoms with E-state index in [9.17, 15) is 4.79 Å². The molecule has 0 spiro atoms. The van der Waals surface area contributed by atoms with Crippen LogP contribution in [0.15, 0.2) is 48.5 Å². The van der Waals surface area contributed by atoms with Crippen LogP contribution < -0.4 is 4.74 Å². The average Bonchev–Trinajstić information content (AvgIpc) is 2.45. The monoisotopic (exact) mass is 267 g/mol. The van der Waals surface area contributed by atoms with Crippen molar-refractivity contribution in [3.63, 3.8) is 0 Å². The largest absolute Gasteiger partial charge is 0.489 e. The molecule has 0 aliphatic carbocycles. The number of carbonyl (C=O) groups is 1. The fourth-order valence-electron chi connectivity index (χ4n) is 1.82. The van der Waals surface area contributed by atoms with Crippen molar-refractivity contribution in [3.8, 4) is 11.8 Å². The Hall–Kier alpha value is -2.80. The van der Waals surface area contributed by atoms with E-state index in [1.807, 2.05) is 6.07 Å². The molecule has 2 aromatic carbocycles. The van der Waals surface area contributed by atoms with E-state index in [2.05, 4.69) is 6.07 Å². The van der Waals surface area contributed by atoms with Gasteiger partial charge in [-0.25, -0.2) is 0 Å².